The van der Waals surface area contributed by atoms with Gasteiger partial charge >= 0.3 is 0 Å². The van der Waals surface area contributed by atoms with E-state index in [-0.39, 0.29) is 5.91 Å². The average Bonchev–Trinajstić information content (AvgIpc) is 3.23. The Morgan fingerprint density at radius 1 is 1.35 bits per heavy atom. The van der Waals surface area contributed by atoms with Gasteiger partial charge in [0.05, 0.1) is 28.8 Å². The lowest BCUT2D eigenvalue weighted by Crippen LogP contribution is -2.13. The van der Waals surface area contributed by atoms with Crippen molar-refractivity contribution in [2.24, 2.45) is 7.05 Å². The lowest BCUT2D eigenvalue weighted by molar-refractivity contribution is -0.116. The van der Waals surface area contributed by atoms with Gasteiger partial charge in [-0.05, 0) is 25.0 Å². The highest BCUT2D eigenvalue weighted by Gasteiger charge is 2.30. The third kappa shape index (κ3) is 3.51. The molecule has 1 amide bonds. The first-order valence-corrected chi connectivity index (χ1v) is 9.01. The van der Waals surface area contributed by atoms with Crippen LogP contribution in [0.1, 0.15) is 36.8 Å². The summed E-state index contributed by atoms with van der Waals surface area (Å²) >= 11 is 6.17. The SMILES string of the molecule is Cn1ncc(NC(=O)CCc2ncc(-c3ccccc3Cl)o2)c1C1CC1. The second-order valence-electron chi connectivity index (χ2n) is 6.49. The Labute approximate surface area is 156 Å². The second kappa shape index (κ2) is 6.96. The van der Waals surface area contributed by atoms with Gasteiger partial charge in [-0.3, -0.25) is 9.48 Å². The largest absolute Gasteiger partial charge is 0.441 e. The second-order valence-corrected chi connectivity index (χ2v) is 6.89. The van der Waals surface area contributed by atoms with Gasteiger partial charge in [0.1, 0.15) is 0 Å². The first kappa shape index (κ1) is 16.8. The van der Waals surface area contributed by atoms with Gasteiger partial charge in [-0.15, -0.1) is 0 Å². The van der Waals surface area contributed by atoms with Crippen LogP contribution >= 0.6 is 11.6 Å². The maximum absolute atomic E-state index is 12.3. The summed E-state index contributed by atoms with van der Waals surface area (Å²) in [4.78, 5) is 16.5. The standard InChI is InChI=1S/C19H19ClN4O2/c1-24-19(12-6-7-12)15(10-22-24)23-17(25)8-9-18-21-11-16(26-18)13-4-2-3-5-14(13)20/h2-5,10-12H,6-9H2,1H3,(H,23,25). The first-order valence-electron chi connectivity index (χ1n) is 8.63. The van der Waals surface area contributed by atoms with Crippen molar-refractivity contribution in [2.75, 3.05) is 5.32 Å². The van der Waals surface area contributed by atoms with E-state index in [1.54, 1.807) is 18.5 Å². The van der Waals surface area contributed by atoms with Crippen molar-refractivity contribution >= 4 is 23.2 Å². The van der Waals surface area contributed by atoms with Crippen LogP contribution in [0.25, 0.3) is 11.3 Å². The maximum Gasteiger partial charge on any atom is 0.224 e. The summed E-state index contributed by atoms with van der Waals surface area (Å²) in [5.41, 5.74) is 2.71. The van der Waals surface area contributed by atoms with Crippen LogP contribution in [0.4, 0.5) is 5.69 Å². The van der Waals surface area contributed by atoms with Gasteiger partial charge in [0, 0.05) is 31.4 Å². The van der Waals surface area contributed by atoms with E-state index in [2.05, 4.69) is 15.4 Å². The number of aryl methyl sites for hydroxylation is 2. The van der Waals surface area contributed by atoms with Crippen LogP contribution in [-0.2, 0) is 18.3 Å². The lowest BCUT2D eigenvalue weighted by Gasteiger charge is -2.06. The molecule has 1 saturated carbocycles. The minimum absolute atomic E-state index is 0.0719. The van der Waals surface area contributed by atoms with Gasteiger partial charge < -0.3 is 9.73 Å². The summed E-state index contributed by atoms with van der Waals surface area (Å²) in [6.07, 6.45) is 6.39. The molecule has 0 unspecified atom stereocenters. The highest BCUT2D eigenvalue weighted by atomic mass is 35.5. The van der Waals surface area contributed by atoms with Gasteiger partial charge in [-0.2, -0.15) is 5.10 Å². The number of nitrogens with one attached hydrogen (secondary N) is 1. The molecular formula is C19H19ClN4O2. The van der Waals surface area contributed by atoms with Gasteiger partial charge in [0.25, 0.3) is 0 Å². The van der Waals surface area contributed by atoms with Crippen molar-refractivity contribution in [3.63, 3.8) is 0 Å². The summed E-state index contributed by atoms with van der Waals surface area (Å²) in [6, 6.07) is 7.43. The molecule has 1 aliphatic carbocycles. The molecule has 3 aromatic rings. The van der Waals surface area contributed by atoms with E-state index in [4.69, 9.17) is 16.0 Å². The fraction of sp³-hybridized carbons (Fsp3) is 0.316. The van der Waals surface area contributed by atoms with Crippen molar-refractivity contribution in [1.29, 1.82) is 0 Å². The number of carbonyl (C=O) groups is 1. The molecule has 0 spiro atoms. The van der Waals surface area contributed by atoms with Crippen LogP contribution in [0.5, 0.6) is 0 Å². The van der Waals surface area contributed by atoms with Crippen molar-refractivity contribution in [2.45, 2.75) is 31.6 Å². The maximum atomic E-state index is 12.3. The highest BCUT2D eigenvalue weighted by Crippen LogP contribution is 2.43. The monoisotopic (exact) mass is 370 g/mol. The molecule has 134 valence electrons. The Balaban J connectivity index is 1.37. The number of aromatic nitrogens is 3. The molecule has 1 aromatic carbocycles. The molecule has 2 heterocycles. The van der Waals surface area contributed by atoms with Crippen LogP contribution in [0, 0.1) is 0 Å². The van der Waals surface area contributed by atoms with Gasteiger partial charge in [-0.1, -0.05) is 23.7 Å². The molecule has 0 bridgehead atoms. The summed E-state index contributed by atoms with van der Waals surface area (Å²) < 4.78 is 7.58. The lowest BCUT2D eigenvalue weighted by atomic mass is 10.2. The minimum atomic E-state index is -0.0719. The van der Waals surface area contributed by atoms with E-state index >= 15 is 0 Å². The molecule has 0 radical (unpaired) electrons. The van der Waals surface area contributed by atoms with E-state index in [1.165, 1.54) is 0 Å². The molecule has 0 aliphatic heterocycles. The summed E-state index contributed by atoms with van der Waals surface area (Å²) in [7, 11) is 1.91. The zero-order valence-corrected chi connectivity index (χ0v) is 15.2. The number of benzene rings is 1. The molecule has 4 rings (SSSR count). The molecule has 26 heavy (non-hydrogen) atoms. The molecule has 2 aromatic heterocycles. The molecule has 1 N–H and O–H groups in total. The quantitative estimate of drug-likeness (QED) is 0.706. The van der Waals surface area contributed by atoms with E-state index < -0.39 is 0 Å². The van der Waals surface area contributed by atoms with Crippen LogP contribution in [0.2, 0.25) is 5.02 Å². The number of nitrogens with zero attached hydrogens (tertiary/aromatic N) is 3. The third-order valence-electron chi connectivity index (χ3n) is 4.48. The average molecular weight is 371 g/mol. The zero-order valence-electron chi connectivity index (χ0n) is 14.4. The number of hydrogen-bond donors (Lipinski definition) is 1. The molecule has 0 atom stereocenters. The number of rotatable bonds is 6. The molecule has 7 heteroatoms. The van der Waals surface area contributed by atoms with Crippen LogP contribution in [-0.4, -0.2) is 20.7 Å². The van der Waals surface area contributed by atoms with Crippen LogP contribution < -0.4 is 5.32 Å². The Morgan fingerprint density at radius 3 is 2.92 bits per heavy atom. The van der Waals surface area contributed by atoms with Crippen molar-refractivity contribution in [3.05, 3.63) is 53.3 Å². The van der Waals surface area contributed by atoms with Gasteiger partial charge in [0.15, 0.2) is 11.7 Å². The van der Waals surface area contributed by atoms with Crippen molar-refractivity contribution in [3.8, 4) is 11.3 Å². The predicted octanol–water partition coefficient (Wildman–Crippen LogP) is 4.18. The number of halogens is 1. The van der Waals surface area contributed by atoms with Crippen molar-refractivity contribution < 1.29 is 9.21 Å². The molecular weight excluding hydrogens is 352 g/mol. The van der Waals surface area contributed by atoms with Crippen molar-refractivity contribution in [1.82, 2.24) is 14.8 Å². The minimum Gasteiger partial charge on any atom is -0.441 e. The van der Waals surface area contributed by atoms with Crippen LogP contribution in [0.3, 0.4) is 0 Å². The fourth-order valence-corrected chi connectivity index (χ4v) is 3.26. The Hall–Kier alpha value is -2.60. The van der Waals surface area contributed by atoms with E-state index in [9.17, 15) is 4.79 Å². The van der Waals surface area contributed by atoms with E-state index in [0.29, 0.717) is 35.4 Å². The topological polar surface area (TPSA) is 73.0 Å². The first-order chi connectivity index (χ1) is 12.6. The molecule has 6 nitrogen and oxygen atoms in total. The Bertz CT molecular complexity index is 943. The number of oxazole rings is 1. The number of anilines is 1. The van der Waals surface area contributed by atoms with Gasteiger partial charge in [0.2, 0.25) is 5.91 Å². The molecule has 1 aliphatic rings. The fourth-order valence-electron chi connectivity index (χ4n) is 3.03. The third-order valence-corrected chi connectivity index (χ3v) is 4.81. The van der Waals surface area contributed by atoms with Crippen LogP contribution in [0.15, 0.2) is 41.1 Å². The number of carbonyl (C=O) groups excluding carboxylic acids is 1. The summed E-state index contributed by atoms with van der Waals surface area (Å²) in [6.45, 7) is 0. The Kier molecular flexibility index (Phi) is 4.51. The zero-order chi connectivity index (χ0) is 18.1. The molecule has 1 fully saturated rings. The normalized spacial score (nSPS) is 13.8. The summed E-state index contributed by atoms with van der Waals surface area (Å²) in [5.74, 6) is 1.57. The highest BCUT2D eigenvalue weighted by molar-refractivity contribution is 6.33. The Morgan fingerprint density at radius 2 is 2.15 bits per heavy atom. The van der Waals surface area contributed by atoms with E-state index in [1.807, 2.05) is 29.9 Å². The summed E-state index contributed by atoms with van der Waals surface area (Å²) in [5, 5.41) is 7.82. The molecule has 0 saturated heterocycles. The van der Waals surface area contributed by atoms with E-state index in [0.717, 1.165) is 29.8 Å². The number of amides is 1. The number of hydrogen-bond acceptors (Lipinski definition) is 4. The van der Waals surface area contributed by atoms with Gasteiger partial charge in [-0.25, -0.2) is 4.98 Å². The smallest absolute Gasteiger partial charge is 0.224 e. The predicted molar refractivity (Wildman–Crippen MR) is 99.1 cm³/mol.